The van der Waals surface area contributed by atoms with Crippen LogP contribution in [0.15, 0.2) is 69.5 Å². The SMILES string of the molecule is O=C(Nc1cc(-c2ccc(CO)o2)ccc1Cl)c1ccc(-c2ccc(Cl)cc2Cl)o1. The summed E-state index contributed by atoms with van der Waals surface area (Å²) in [6, 6.07) is 16.7. The molecule has 0 spiro atoms. The van der Waals surface area contributed by atoms with Crippen LogP contribution in [-0.2, 0) is 6.61 Å². The number of rotatable bonds is 5. The Bertz CT molecular complexity index is 1230. The Morgan fingerprint density at radius 2 is 1.67 bits per heavy atom. The third-order valence-corrected chi connectivity index (χ3v) is 5.22. The van der Waals surface area contributed by atoms with Crippen molar-refractivity contribution in [1.29, 1.82) is 0 Å². The molecule has 0 fully saturated rings. The Morgan fingerprint density at radius 3 is 2.40 bits per heavy atom. The van der Waals surface area contributed by atoms with E-state index in [0.29, 0.717) is 49.2 Å². The number of carbonyl (C=O) groups is 1. The fourth-order valence-corrected chi connectivity index (χ4v) is 3.54. The van der Waals surface area contributed by atoms with Gasteiger partial charge in [-0.1, -0.05) is 34.8 Å². The van der Waals surface area contributed by atoms with E-state index >= 15 is 0 Å². The largest absolute Gasteiger partial charge is 0.459 e. The van der Waals surface area contributed by atoms with E-state index in [-0.39, 0.29) is 12.4 Å². The number of furan rings is 2. The van der Waals surface area contributed by atoms with Gasteiger partial charge in [0.2, 0.25) is 0 Å². The highest BCUT2D eigenvalue weighted by Crippen LogP contribution is 2.33. The van der Waals surface area contributed by atoms with Gasteiger partial charge in [-0.3, -0.25) is 4.79 Å². The average molecular weight is 463 g/mol. The lowest BCUT2D eigenvalue weighted by atomic mass is 10.1. The van der Waals surface area contributed by atoms with Crippen molar-refractivity contribution in [2.75, 3.05) is 5.32 Å². The Morgan fingerprint density at radius 1 is 0.867 bits per heavy atom. The lowest BCUT2D eigenvalue weighted by Crippen LogP contribution is -2.11. The topological polar surface area (TPSA) is 75.6 Å². The summed E-state index contributed by atoms with van der Waals surface area (Å²) < 4.78 is 11.2. The summed E-state index contributed by atoms with van der Waals surface area (Å²) in [6.07, 6.45) is 0. The van der Waals surface area contributed by atoms with Gasteiger partial charge in [0.25, 0.3) is 5.91 Å². The molecule has 8 heteroatoms. The van der Waals surface area contributed by atoms with Crippen LogP contribution in [0.4, 0.5) is 5.69 Å². The summed E-state index contributed by atoms with van der Waals surface area (Å²) in [4.78, 5) is 12.7. The second-order valence-electron chi connectivity index (χ2n) is 6.36. The van der Waals surface area contributed by atoms with E-state index in [1.54, 1.807) is 60.7 Å². The highest BCUT2D eigenvalue weighted by atomic mass is 35.5. The van der Waals surface area contributed by atoms with E-state index in [0.717, 1.165) is 0 Å². The first-order valence-electron chi connectivity index (χ1n) is 8.80. The van der Waals surface area contributed by atoms with Gasteiger partial charge < -0.3 is 19.3 Å². The minimum absolute atomic E-state index is 0.0954. The summed E-state index contributed by atoms with van der Waals surface area (Å²) in [5.74, 6) is 1.05. The monoisotopic (exact) mass is 461 g/mol. The number of carbonyl (C=O) groups excluding carboxylic acids is 1. The smallest absolute Gasteiger partial charge is 0.291 e. The molecule has 0 unspecified atom stereocenters. The number of benzene rings is 2. The second kappa shape index (κ2) is 8.58. The van der Waals surface area contributed by atoms with Crippen LogP contribution in [0.5, 0.6) is 0 Å². The number of amides is 1. The third-order valence-electron chi connectivity index (χ3n) is 4.34. The molecule has 0 bridgehead atoms. The summed E-state index contributed by atoms with van der Waals surface area (Å²) in [5.41, 5.74) is 1.71. The number of aliphatic hydroxyl groups is 1. The highest BCUT2D eigenvalue weighted by Gasteiger charge is 2.16. The first-order valence-corrected chi connectivity index (χ1v) is 9.94. The molecular weight excluding hydrogens is 449 g/mol. The molecule has 2 aromatic carbocycles. The lowest BCUT2D eigenvalue weighted by Gasteiger charge is -2.08. The standard InChI is InChI=1S/C22H14Cl3NO4/c23-13-2-4-15(17(25)10-13)20-7-8-21(30-20)22(28)26-18-9-12(1-5-16(18)24)19-6-3-14(11-27)29-19/h1-10,27H,11H2,(H,26,28). The first-order chi connectivity index (χ1) is 14.4. The fourth-order valence-electron chi connectivity index (χ4n) is 2.87. The molecule has 0 aliphatic carbocycles. The van der Waals surface area contributed by atoms with Crippen LogP contribution >= 0.6 is 34.8 Å². The number of anilines is 1. The fraction of sp³-hybridized carbons (Fsp3) is 0.0455. The maximum absolute atomic E-state index is 12.7. The van der Waals surface area contributed by atoms with E-state index in [9.17, 15) is 4.79 Å². The molecule has 4 rings (SSSR count). The van der Waals surface area contributed by atoms with Crippen molar-refractivity contribution in [2.45, 2.75) is 6.61 Å². The Hall–Kier alpha value is -2.70. The number of hydrogen-bond acceptors (Lipinski definition) is 4. The minimum atomic E-state index is -0.471. The normalized spacial score (nSPS) is 10.9. The molecule has 152 valence electrons. The van der Waals surface area contributed by atoms with Crippen LogP contribution in [0.2, 0.25) is 15.1 Å². The predicted octanol–water partition coefficient (Wildman–Crippen LogP) is 6.91. The first kappa shape index (κ1) is 20.6. The molecule has 0 aliphatic rings. The highest BCUT2D eigenvalue weighted by molar-refractivity contribution is 6.36. The Balaban J connectivity index is 1.57. The van der Waals surface area contributed by atoms with Gasteiger partial charge in [-0.25, -0.2) is 0 Å². The summed E-state index contributed by atoms with van der Waals surface area (Å²) >= 11 is 18.4. The number of hydrogen-bond donors (Lipinski definition) is 2. The lowest BCUT2D eigenvalue weighted by molar-refractivity contribution is 0.0997. The van der Waals surface area contributed by atoms with E-state index in [1.807, 2.05) is 0 Å². The number of aliphatic hydroxyl groups excluding tert-OH is 1. The molecule has 0 saturated carbocycles. The van der Waals surface area contributed by atoms with Crippen LogP contribution in [0, 0.1) is 0 Å². The molecule has 2 aromatic heterocycles. The van der Waals surface area contributed by atoms with Crippen LogP contribution in [0.25, 0.3) is 22.6 Å². The average Bonchev–Trinajstić information content (AvgIpc) is 3.39. The summed E-state index contributed by atoms with van der Waals surface area (Å²) in [6.45, 7) is -0.199. The van der Waals surface area contributed by atoms with Crippen molar-refractivity contribution in [3.8, 4) is 22.6 Å². The van der Waals surface area contributed by atoms with Crippen LogP contribution in [-0.4, -0.2) is 11.0 Å². The van der Waals surface area contributed by atoms with Crippen LogP contribution in [0.1, 0.15) is 16.3 Å². The van der Waals surface area contributed by atoms with Crippen molar-refractivity contribution in [3.63, 3.8) is 0 Å². The van der Waals surface area contributed by atoms with E-state index in [2.05, 4.69) is 5.32 Å². The van der Waals surface area contributed by atoms with Gasteiger partial charge >= 0.3 is 0 Å². The maximum atomic E-state index is 12.7. The van der Waals surface area contributed by atoms with Gasteiger partial charge in [-0.05, 0) is 60.7 Å². The van der Waals surface area contributed by atoms with E-state index < -0.39 is 5.91 Å². The summed E-state index contributed by atoms with van der Waals surface area (Å²) in [5, 5.41) is 13.2. The van der Waals surface area contributed by atoms with Gasteiger partial charge in [0.15, 0.2) is 5.76 Å². The molecule has 1 amide bonds. The molecule has 0 radical (unpaired) electrons. The van der Waals surface area contributed by atoms with E-state index in [1.165, 1.54) is 0 Å². The second-order valence-corrected chi connectivity index (χ2v) is 7.61. The zero-order valence-corrected chi connectivity index (χ0v) is 17.6. The zero-order chi connectivity index (χ0) is 21.3. The molecule has 4 aromatic rings. The molecule has 0 atom stereocenters. The minimum Gasteiger partial charge on any atom is -0.459 e. The van der Waals surface area contributed by atoms with Crippen molar-refractivity contribution in [3.05, 3.63) is 87.3 Å². The number of halogens is 3. The van der Waals surface area contributed by atoms with Crippen molar-refractivity contribution < 1.29 is 18.7 Å². The van der Waals surface area contributed by atoms with E-state index in [4.69, 9.17) is 48.7 Å². The van der Waals surface area contributed by atoms with Gasteiger partial charge in [0, 0.05) is 16.1 Å². The maximum Gasteiger partial charge on any atom is 0.291 e. The molecule has 30 heavy (non-hydrogen) atoms. The van der Waals surface area contributed by atoms with Crippen molar-refractivity contribution in [1.82, 2.24) is 0 Å². The molecule has 0 saturated heterocycles. The number of nitrogens with one attached hydrogen (secondary N) is 1. The summed E-state index contributed by atoms with van der Waals surface area (Å²) in [7, 11) is 0. The van der Waals surface area contributed by atoms with Crippen molar-refractivity contribution in [2.24, 2.45) is 0 Å². The third kappa shape index (κ3) is 4.25. The van der Waals surface area contributed by atoms with Gasteiger partial charge in [-0.2, -0.15) is 0 Å². The molecular formula is C22H14Cl3NO4. The van der Waals surface area contributed by atoms with Crippen LogP contribution < -0.4 is 5.32 Å². The quantitative estimate of drug-likeness (QED) is 0.338. The molecule has 2 N–H and O–H groups in total. The zero-order valence-electron chi connectivity index (χ0n) is 15.3. The Kier molecular flexibility index (Phi) is 5.88. The molecule has 2 heterocycles. The molecule has 0 aliphatic heterocycles. The predicted molar refractivity (Wildman–Crippen MR) is 117 cm³/mol. The Labute approximate surface area is 186 Å². The molecule has 5 nitrogen and oxygen atoms in total. The van der Waals surface area contributed by atoms with Gasteiger partial charge in [-0.15, -0.1) is 0 Å². The van der Waals surface area contributed by atoms with Crippen LogP contribution in [0.3, 0.4) is 0 Å². The van der Waals surface area contributed by atoms with Gasteiger partial charge in [0.05, 0.1) is 15.7 Å². The van der Waals surface area contributed by atoms with Gasteiger partial charge in [0.1, 0.15) is 23.9 Å². The van der Waals surface area contributed by atoms with Crippen molar-refractivity contribution >= 4 is 46.4 Å².